The fourth-order valence-corrected chi connectivity index (χ4v) is 2.39. The lowest BCUT2D eigenvalue weighted by molar-refractivity contribution is -0.118. The van der Waals surface area contributed by atoms with Crippen molar-refractivity contribution in [3.63, 3.8) is 0 Å². The number of nitrogens with zero attached hydrogens (tertiary/aromatic N) is 1. The Balaban J connectivity index is 1.50. The Hall–Kier alpha value is -3.87. The minimum Gasteiger partial charge on any atom is -0.484 e. The predicted molar refractivity (Wildman–Crippen MR) is 109 cm³/mol. The van der Waals surface area contributed by atoms with Crippen molar-refractivity contribution in [1.29, 1.82) is 0 Å². The van der Waals surface area contributed by atoms with E-state index in [1.165, 1.54) is 6.92 Å². The summed E-state index contributed by atoms with van der Waals surface area (Å²) in [6.45, 7) is 1.37. The summed E-state index contributed by atoms with van der Waals surface area (Å²) in [6.07, 6.45) is 1.62. The molecule has 0 saturated carbocycles. The molecule has 0 unspecified atom stereocenters. The van der Waals surface area contributed by atoms with Crippen molar-refractivity contribution in [2.24, 2.45) is 0 Å². The molecule has 0 fully saturated rings. The van der Waals surface area contributed by atoms with Crippen molar-refractivity contribution in [2.45, 2.75) is 6.92 Å². The van der Waals surface area contributed by atoms with Gasteiger partial charge < -0.3 is 20.7 Å². The molecule has 0 spiro atoms. The van der Waals surface area contributed by atoms with Crippen LogP contribution in [0.1, 0.15) is 6.92 Å². The average Bonchev–Trinajstić information content (AvgIpc) is 2.70. The smallest absolute Gasteiger partial charge is 0.263 e. The zero-order chi connectivity index (χ0) is 19.8. The number of anilines is 4. The van der Waals surface area contributed by atoms with Crippen molar-refractivity contribution in [3.8, 4) is 5.75 Å². The van der Waals surface area contributed by atoms with Gasteiger partial charge >= 0.3 is 0 Å². The van der Waals surface area contributed by atoms with E-state index in [-0.39, 0.29) is 18.4 Å². The molecule has 28 heavy (non-hydrogen) atoms. The zero-order valence-corrected chi connectivity index (χ0v) is 15.3. The number of amides is 2. The monoisotopic (exact) mass is 376 g/mol. The zero-order valence-electron chi connectivity index (χ0n) is 15.3. The van der Waals surface area contributed by atoms with Gasteiger partial charge in [0.25, 0.3) is 5.91 Å². The van der Waals surface area contributed by atoms with Gasteiger partial charge in [0.15, 0.2) is 6.61 Å². The Morgan fingerprint density at radius 1 is 0.857 bits per heavy atom. The van der Waals surface area contributed by atoms with E-state index in [0.717, 1.165) is 17.1 Å². The molecule has 1 aromatic heterocycles. The van der Waals surface area contributed by atoms with Gasteiger partial charge in [-0.05, 0) is 48.5 Å². The number of carbonyl (C=O) groups excluding carboxylic acids is 2. The highest BCUT2D eigenvalue weighted by Crippen LogP contribution is 2.19. The minimum absolute atomic E-state index is 0.0909. The third-order valence-electron chi connectivity index (χ3n) is 3.64. The summed E-state index contributed by atoms with van der Waals surface area (Å²) in [5.74, 6) is 0.672. The van der Waals surface area contributed by atoms with Crippen molar-refractivity contribution >= 4 is 34.7 Å². The highest BCUT2D eigenvalue weighted by Gasteiger charge is 2.05. The molecule has 7 heteroatoms. The molecular formula is C21H20N4O3. The van der Waals surface area contributed by atoms with Crippen LogP contribution in [0.4, 0.5) is 22.9 Å². The van der Waals surface area contributed by atoms with Crippen molar-refractivity contribution in [3.05, 3.63) is 72.9 Å². The third-order valence-corrected chi connectivity index (χ3v) is 3.64. The van der Waals surface area contributed by atoms with Crippen LogP contribution in [0.5, 0.6) is 5.75 Å². The molecule has 0 radical (unpaired) electrons. The molecule has 3 aromatic rings. The van der Waals surface area contributed by atoms with Gasteiger partial charge in [-0.3, -0.25) is 9.59 Å². The van der Waals surface area contributed by atoms with Gasteiger partial charge in [0.1, 0.15) is 11.6 Å². The molecule has 1 heterocycles. The maximum atomic E-state index is 11.9. The second-order valence-electron chi connectivity index (χ2n) is 5.97. The number of pyridine rings is 1. The van der Waals surface area contributed by atoms with Crippen LogP contribution >= 0.6 is 0 Å². The van der Waals surface area contributed by atoms with Crippen LogP contribution in [0.25, 0.3) is 0 Å². The fraction of sp³-hybridized carbons (Fsp3) is 0.0952. The van der Waals surface area contributed by atoms with Gasteiger partial charge in [-0.25, -0.2) is 4.98 Å². The Morgan fingerprint density at radius 2 is 1.54 bits per heavy atom. The summed E-state index contributed by atoms with van der Waals surface area (Å²) in [5, 5.41) is 8.60. The normalized spacial score (nSPS) is 10.0. The maximum Gasteiger partial charge on any atom is 0.263 e. The highest BCUT2D eigenvalue weighted by molar-refractivity contribution is 5.91. The Kier molecular flexibility index (Phi) is 6.20. The summed E-state index contributed by atoms with van der Waals surface area (Å²) in [4.78, 5) is 27.2. The van der Waals surface area contributed by atoms with Gasteiger partial charge in [0.2, 0.25) is 5.91 Å². The van der Waals surface area contributed by atoms with E-state index in [9.17, 15) is 9.59 Å². The number of hydrogen-bond donors (Lipinski definition) is 3. The van der Waals surface area contributed by atoms with Crippen LogP contribution in [0.3, 0.4) is 0 Å². The first-order chi connectivity index (χ1) is 13.6. The molecule has 142 valence electrons. The number of rotatable bonds is 7. The number of nitrogens with one attached hydrogen (secondary N) is 3. The van der Waals surface area contributed by atoms with E-state index in [1.807, 2.05) is 36.4 Å². The first-order valence-corrected chi connectivity index (χ1v) is 8.67. The van der Waals surface area contributed by atoms with Gasteiger partial charge in [0, 0.05) is 18.3 Å². The van der Waals surface area contributed by atoms with Crippen LogP contribution in [0.2, 0.25) is 0 Å². The number of para-hydroxylation sites is 1. The Bertz CT molecular complexity index is 926. The van der Waals surface area contributed by atoms with E-state index in [2.05, 4.69) is 20.9 Å². The first-order valence-electron chi connectivity index (χ1n) is 8.67. The second kappa shape index (κ2) is 9.18. The largest absolute Gasteiger partial charge is 0.484 e. The maximum absolute atomic E-state index is 11.9. The highest BCUT2D eigenvalue weighted by atomic mass is 16.5. The summed E-state index contributed by atoms with van der Waals surface area (Å²) in [5.41, 5.74) is 2.35. The summed E-state index contributed by atoms with van der Waals surface area (Å²) in [6, 6.07) is 20.0. The number of aromatic nitrogens is 1. The van der Waals surface area contributed by atoms with E-state index >= 15 is 0 Å². The number of carbonyl (C=O) groups is 2. The van der Waals surface area contributed by atoms with Crippen molar-refractivity contribution in [2.75, 3.05) is 22.6 Å². The van der Waals surface area contributed by atoms with Crippen molar-refractivity contribution in [1.82, 2.24) is 4.98 Å². The quantitative estimate of drug-likeness (QED) is 0.583. The number of hydrogen-bond acceptors (Lipinski definition) is 5. The first kappa shape index (κ1) is 18.9. The minimum atomic E-state index is -0.286. The van der Waals surface area contributed by atoms with Crippen molar-refractivity contribution < 1.29 is 14.3 Å². The van der Waals surface area contributed by atoms with Gasteiger partial charge in [-0.15, -0.1) is 0 Å². The molecule has 2 amide bonds. The molecule has 0 bridgehead atoms. The molecule has 0 saturated heterocycles. The van der Waals surface area contributed by atoms with Crippen LogP contribution in [-0.4, -0.2) is 23.4 Å². The lowest BCUT2D eigenvalue weighted by Gasteiger charge is -2.09. The molecule has 0 atom stereocenters. The topological polar surface area (TPSA) is 92.4 Å². The predicted octanol–water partition coefficient (Wildman–Crippen LogP) is 3.80. The van der Waals surface area contributed by atoms with E-state index in [0.29, 0.717) is 11.6 Å². The summed E-state index contributed by atoms with van der Waals surface area (Å²) < 4.78 is 5.40. The van der Waals surface area contributed by atoms with Crippen LogP contribution < -0.4 is 20.7 Å². The molecule has 0 aliphatic carbocycles. The molecular weight excluding hydrogens is 356 g/mol. The van der Waals surface area contributed by atoms with Crippen LogP contribution in [0.15, 0.2) is 72.9 Å². The van der Waals surface area contributed by atoms with Crippen LogP contribution in [-0.2, 0) is 9.59 Å². The molecule has 3 N–H and O–H groups in total. The molecule has 2 aromatic carbocycles. The number of benzene rings is 2. The average molecular weight is 376 g/mol. The van der Waals surface area contributed by atoms with Gasteiger partial charge in [-0.1, -0.05) is 18.2 Å². The summed E-state index contributed by atoms with van der Waals surface area (Å²) >= 11 is 0. The Morgan fingerprint density at radius 3 is 2.18 bits per heavy atom. The van der Waals surface area contributed by atoms with Gasteiger partial charge in [-0.2, -0.15) is 0 Å². The SMILES string of the molecule is CC(=O)Nc1ccc(Nc2ccc(NC(=O)COc3ccccc3)nc2)cc1. The lowest BCUT2D eigenvalue weighted by atomic mass is 10.2. The Labute approximate surface area is 162 Å². The standard InChI is InChI=1S/C21H20N4O3/c1-15(26)23-16-7-9-17(10-8-16)24-18-11-12-20(22-13-18)25-21(27)14-28-19-5-3-2-4-6-19/h2-13,24H,14H2,1H3,(H,23,26)(H,22,25,27). The second-order valence-corrected chi connectivity index (χ2v) is 5.97. The van der Waals surface area contributed by atoms with E-state index < -0.39 is 0 Å². The van der Waals surface area contributed by atoms with Crippen LogP contribution in [0, 0.1) is 0 Å². The van der Waals surface area contributed by atoms with E-state index in [1.54, 1.807) is 36.5 Å². The molecule has 3 rings (SSSR count). The summed E-state index contributed by atoms with van der Waals surface area (Å²) in [7, 11) is 0. The molecule has 0 aliphatic heterocycles. The van der Waals surface area contributed by atoms with E-state index in [4.69, 9.17) is 4.74 Å². The lowest BCUT2D eigenvalue weighted by Crippen LogP contribution is -2.20. The fourth-order valence-electron chi connectivity index (χ4n) is 2.39. The molecule has 7 nitrogen and oxygen atoms in total. The third kappa shape index (κ3) is 5.84. The molecule has 0 aliphatic rings. The van der Waals surface area contributed by atoms with Gasteiger partial charge in [0.05, 0.1) is 11.9 Å². The number of ether oxygens (including phenoxy) is 1.